The van der Waals surface area contributed by atoms with Crippen molar-refractivity contribution in [1.82, 2.24) is 15.0 Å². The second-order valence-electron chi connectivity index (χ2n) is 4.30. The van der Waals surface area contributed by atoms with Crippen LogP contribution < -0.4 is 4.90 Å². The largest absolute Gasteiger partial charge is 0.353 e. The smallest absolute Gasteiger partial charge is 0.207 e. The van der Waals surface area contributed by atoms with Crippen molar-refractivity contribution in [2.24, 2.45) is 0 Å². The molecule has 1 fully saturated rings. The lowest BCUT2D eigenvalue weighted by molar-refractivity contribution is 0.743. The van der Waals surface area contributed by atoms with E-state index >= 15 is 0 Å². The molecule has 0 spiro atoms. The summed E-state index contributed by atoms with van der Waals surface area (Å²) in [5, 5.41) is 17.8. The van der Waals surface area contributed by atoms with E-state index in [0.29, 0.717) is 11.5 Å². The zero-order chi connectivity index (χ0) is 12.4. The van der Waals surface area contributed by atoms with Gasteiger partial charge in [0.2, 0.25) is 5.69 Å². The second-order valence-corrected chi connectivity index (χ2v) is 4.30. The molecule has 5 nitrogen and oxygen atoms in total. The van der Waals surface area contributed by atoms with Crippen LogP contribution in [0.3, 0.4) is 0 Å². The zero-order valence-electron chi connectivity index (χ0n) is 9.95. The summed E-state index contributed by atoms with van der Waals surface area (Å²) < 4.78 is 0. The van der Waals surface area contributed by atoms with Crippen LogP contribution in [0.4, 0.5) is 5.82 Å². The number of hydrogen-bond acceptors (Lipinski definition) is 4. The fourth-order valence-corrected chi connectivity index (χ4v) is 2.19. The molecular weight excluding hydrogens is 226 g/mol. The number of hydrogen-bond donors (Lipinski definition) is 0. The Bertz CT molecular complexity index is 575. The Hall–Kier alpha value is -2.35. The maximum atomic E-state index is 9.15. The first kappa shape index (κ1) is 10.8. The van der Waals surface area contributed by atoms with Crippen LogP contribution in [-0.4, -0.2) is 28.1 Å². The van der Waals surface area contributed by atoms with Gasteiger partial charge in [-0.25, -0.2) is 0 Å². The maximum Gasteiger partial charge on any atom is 0.207 e. The van der Waals surface area contributed by atoms with Gasteiger partial charge in [-0.2, -0.15) is 5.26 Å². The number of para-hydroxylation sites is 1. The standard InChI is InChI=1S/C13H13N5/c14-10-12-13(17-8-4-5-9-17)16-18(15-12)11-6-2-1-3-7-11/h1-3,6-7H,4-5,8-9H2. The molecule has 0 radical (unpaired) electrons. The Balaban J connectivity index is 2.01. The fourth-order valence-electron chi connectivity index (χ4n) is 2.19. The molecule has 0 aliphatic carbocycles. The van der Waals surface area contributed by atoms with Crippen molar-refractivity contribution in [2.75, 3.05) is 18.0 Å². The molecule has 1 aromatic carbocycles. The van der Waals surface area contributed by atoms with Crippen molar-refractivity contribution in [3.05, 3.63) is 36.0 Å². The highest BCUT2D eigenvalue weighted by molar-refractivity contribution is 5.50. The first-order valence-corrected chi connectivity index (χ1v) is 6.06. The number of anilines is 1. The molecule has 1 aromatic heterocycles. The lowest BCUT2D eigenvalue weighted by Crippen LogP contribution is -2.19. The Morgan fingerprint density at radius 2 is 1.78 bits per heavy atom. The van der Waals surface area contributed by atoms with Crippen LogP contribution in [-0.2, 0) is 0 Å². The summed E-state index contributed by atoms with van der Waals surface area (Å²) >= 11 is 0. The molecule has 0 atom stereocenters. The summed E-state index contributed by atoms with van der Waals surface area (Å²) in [5.74, 6) is 0.707. The Morgan fingerprint density at radius 3 is 2.44 bits per heavy atom. The molecule has 1 aliphatic heterocycles. The van der Waals surface area contributed by atoms with Gasteiger partial charge in [0.1, 0.15) is 6.07 Å². The van der Waals surface area contributed by atoms with Crippen LogP contribution in [0.2, 0.25) is 0 Å². The van der Waals surface area contributed by atoms with Gasteiger partial charge in [0.15, 0.2) is 5.82 Å². The molecule has 0 unspecified atom stereocenters. The number of nitriles is 1. The van der Waals surface area contributed by atoms with E-state index in [2.05, 4.69) is 21.2 Å². The molecule has 2 heterocycles. The lowest BCUT2D eigenvalue weighted by atomic mass is 10.3. The van der Waals surface area contributed by atoms with Crippen LogP contribution >= 0.6 is 0 Å². The van der Waals surface area contributed by atoms with Crippen molar-refractivity contribution in [1.29, 1.82) is 5.26 Å². The fraction of sp³-hybridized carbons (Fsp3) is 0.308. The summed E-state index contributed by atoms with van der Waals surface area (Å²) in [5.41, 5.74) is 1.28. The molecule has 0 saturated carbocycles. The predicted octanol–water partition coefficient (Wildman–Crippen LogP) is 1.74. The van der Waals surface area contributed by atoms with E-state index in [4.69, 9.17) is 5.26 Å². The van der Waals surface area contributed by atoms with Crippen LogP contribution in [0.25, 0.3) is 5.69 Å². The van der Waals surface area contributed by atoms with E-state index < -0.39 is 0 Å². The summed E-state index contributed by atoms with van der Waals surface area (Å²) in [6, 6.07) is 11.8. The summed E-state index contributed by atoms with van der Waals surface area (Å²) in [7, 11) is 0. The highest BCUT2D eigenvalue weighted by Gasteiger charge is 2.21. The quantitative estimate of drug-likeness (QED) is 0.801. The molecule has 3 rings (SSSR count). The van der Waals surface area contributed by atoms with Crippen LogP contribution in [0.1, 0.15) is 18.5 Å². The third-order valence-electron chi connectivity index (χ3n) is 3.09. The lowest BCUT2D eigenvalue weighted by Gasteiger charge is -2.12. The van der Waals surface area contributed by atoms with E-state index in [9.17, 15) is 0 Å². The summed E-state index contributed by atoms with van der Waals surface area (Å²) in [4.78, 5) is 3.66. The van der Waals surface area contributed by atoms with E-state index in [0.717, 1.165) is 31.6 Å². The van der Waals surface area contributed by atoms with Gasteiger partial charge < -0.3 is 4.90 Å². The SMILES string of the molecule is N#Cc1nn(-c2ccccc2)nc1N1CCCC1. The van der Waals surface area contributed by atoms with Crippen molar-refractivity contribution < 1.29 is 0 Å². The number of rotatable bonds is 2. The van der Waals surface area contributed by atoms with Gasteiger partial charge in [-0.1, -0.05) is 18.2 Å². The summed E-state index contributed by atoms with van der Waals surface area (Å²) in [6.07, 6.45) is 2.31. The molecule has 5 heteroatoms. The Kier molecular flexibility index (Phi) is 2.69. The molecule has 2 aromatic rings. The summed E-state index contributed by atoms with van der Waals surface area (Å²) in [6.45, 7) is 1.92. The molecule has 18 heavy (non-hydrogen) atoms. The third kappa shape index (κ3) is 1.82. The van der Waals surface area contributed by atoms with Gasteiger partial charge >= 0.3 is 0 Å². The molecule has 1 saturated heterocycles. The monoisotopic (exact) mass is 239 g/mol. The van der Waals surface area contributed by atoms with Crippen LogP contribution in [0.15, 0.2) is 30.3 Å². The first-order chi connectivity index (χ1) is 8.88. The van der Waals surface area contributed by atoms with Gasteiger partial charge in [0, 0.05) is 13.1 Å². The molecule has 0 amide bonds. The van der Waals surface area contributed by atoms with E-state index in [-0.39, 0.29) is 0 Å². The van der Waals surface area contributed by atoms with Crippen molar-refractivity contribution in [3.63, 3.8) is 0 Å². The normalized spacial score (nSPS) is 14.7. The Morgan fingerprint density at radius 1 is 1.06 bits per heavy atom. The maximum absolute atomic E-state index is 9.15. The topological polar surface area (TPSA) is 57.7 Å². The number of aromatic nitrogens is 3. The minimum Gasteiger partial charge on any atom is -0.353 e. The van der Waals surface area contributed by atoms with Gasteiger partial charge in [0.25, 0.3) is 0 Å². The molecule has 0 N–H and O–H groups in total. The highest BCUT2D eigenvalue weighted by atomic mass is 15.5. The van der Waals surface area contributed by atoms with Gasteiger partial charge in [-0.15, -0.1) is 15.0 Å². The minimum atomic E-state index is 0.403. The molecule has 90 valence electrons. The third-order valence-corrected chi connectivity index (χ3v) is 3.09. The highest BCUT2D eigenvalue weighted by Crippen LogP contribution is 2.21. The van der Waals surface area contributed by atoms with Crippen LogP contribution in [0.5, 0.6) is 0 Å². The van der Waals surface area contributed by atoms with E-state index in [1.165, 1.54) is 4.80 Å². The van der Waals surface area contributed by atoms with Crippen molar-refractivity contribution >= 4 is 5.82 Å². The average Bonchev–Trinajstić information content (AvgIpc) is 3.08. The average molecular weight is 239 g/mol. The Labute approximate surface area is 105 Å². The van der Waals surface area contributed by atoms with Gasteiger partial charge in [-0.3, -0.25) is 0 Å². The molecule has 0 bridgehead atoms. The number of nitrogens with zero attached hydrogens (tertiary/aromatic N) is 5. The van der Waals surface area contributed by atoms with Crippen LogP contribution in [0, 0.1) is 11.3 Å². The van der Waals surface area contributed by atoms with Crippen molar-refractivity contribution in [2.45, 2.75) is 12.8 Å². The van der Waals surface area contributed by atoms with Gasteiger partial charge in [-0.05, 0) is 25.0 Å². The van der Waals surface area contributed by atoms with E-state index in [1.54, 1.807) is 0 Å². The first-order valence-electron chi connectivity index (χ1n) is 6.06. The zero-order valence-corrected chi connectivity index (χ0v) is 9.95. The molecular formula is C13H13N5. The number of benzene rings is 1. The molecule has 1 aliphatic rings. The van der Waals surface area contributed by atoms with Crippen molar-refractivity contribution in [3.8, 4) is 11.8 Å². The predicted molar refractivity (Wildman–Crippen MR) is 67.5 cm³/mol. The second kappa shape index (κ2) is 4.49. The van der Waals surface area contributed by atoms with Gasteiger partial charge in [0.05, 0.1) is 5.69 Å². The van der Waals surface area contributed by atoms with E-state index in [1.807, 2.05) is 30.3 Å². The minimum absolute atomic E-state index is 0.403.